The molecule has 0 aliphatic carbocycles. The zero-order valence-electron chi connectivity index (χ0n) is 18.2. The third-order valence-corrected chi connectivity index (χ3v) is 4.45. The lowest BCUT2D eigenvalue weighted by molar-refractivity contribution is -0.0520. The number of alkyl halides is 2. The molecule has 31 heavy (non-hydrogen) atoms. The minimum absolute atomic E-state index is 0. The highest BCUT2D eigenvalue weighted by Gasteiger charge is 2.16. The van der Waals surface area contributed by atoms with Crippen LogP contribution in [0.15, 0.2) is 23.2 Å². The highest BCUT2D eigenvalue weighted by molar-refractivity contribution is 14.0. The number of benzene rings is 1. The van der Waals surface area contributed by atoms with Crippen molar-refractivity contribution in [1.29, 1.82) is 0 Å². The molecular formula is C21H34F2IN3O4. The fourth-order valence-electron chi connectivity index (χ4n) is 3.03. The molecule has 1 aliphatic heterocycles. The number of rotatable bonds is 13. The average molecular weight is 557 g/mol. The van der Waals surface area contributed by atoms with Gasteiger partial charge in [-0.15, -0.1) is 24.0 Å². The van der Waals surface area contributed by atoms with Gasteiger partial charge in [-0.05, 0) is 32.8 Å². The van der Waals surface area contributed by atoms with Crippen LogP contribution in [0.5, 0.6) is 11.5 Å². The molecule has 7 nitrogen and oxygen atoms in total. The van der Waals surface area contributed by atoms with E-state index < -0.39 is 6.61 Å². The lowest BCUT2D eigenvalue weighted by atomic mass is 10.1. The Morgan fingerprint density at radius 1 is 1.29 bits per heavy atom. The van der Waals surface area contributed by atoms with Crippen LogP contribution in [0.2, 0.25) is 0 Å². The second-order valence-corrected chi connectivity index (χ2v) is 6.84. The van der Waals surface area contributed by atoms with Crippen molar-refractivity contribution in [2.75, 3.05) is 46.1 Å². The predicted octanol–water partition coefficient (Wildman–Crippen LogP) is 3.80. The van der Waals surface area contributed by atoms with Gasteiger partial charge in [0.15, 0.2) is 17.5 Å². The molecule has 1 saturated heterocycles. The summed E-state index contributed by atoms with van der Waals surface area (Å²) in [5, 5.41) is 6.38. The van der Waals surface area contributed by atoms with Crippen molar-refractivity contribution in [3.63, 3.8) is 0 Å². The molecule has 0 radical (unpaired) electrons. The van der Waals surface area contributed by atoms with E-state index >= 15 is 0 Å². The Hall–Kier alpha value is -1.40. The fraction of sp³-hybridized carbons (Fsp3) is 0.667. The number of hydrogen-bond donors (Lipinski definition) is 2. The molecule has 1 heterocycles. The Morgan fingerprint density at radius 2 is 2.13 bits per heavy atom. The van der Waals surface area contributed by atoms with Crippen molar-refractivity contribution < 1.29 is 27.7 Å². The van der Waals surface area contributed by atoms with Gasteiger partial charge >= 0.3 is 6.61 Å². The van der Waals surface area contributed by atoms with E-state index in [9.17, 15) is 8.78 Å². The molecule has 2 rings (SSSR count). The van der Waals surface area contributed by atoms with E-state index in [0.717, 1.165) is 32.7 Å². The molecule has 0 spiro atoms. The molecule has 0 saturated carbocycles. The summed E-state index contributed by atoms with van der Waals surface area (Å²) in [6.45, 7) is 5.73. The minimum atomic E-state index is -2.93. The SMILES string of the molecule is CCNC(=NCc1cccc(OCC)c1OC(F)F)NCCCOCC1CCOC1.I. The van der Waals surface area contributed by atoms with E-state index in [1.807, 2.05) is 6.92 Å². The van der Waals surface area contributed by atoms with Gasteiger partial charge in [-0.1, -0.05) is 12.1 Å². The zero-order valence-corrected chi connectivity index (χ0v) is 20.5. The Balaban J connectivity index is 0.00000480. The van der Waals surface area contributed by atoms with Crippen LogP contribution < -0.4 is 20.1 Å². The van der Waals surface area contributed by atoms with Crippen molar-refractivity contribution >= 4 is 29.9 Å². The summed E-state index contributed by atoms with van der Waals surface area (Å²) in [6, 6.07) is 5.05. The van der Waals surface area contributed by atoms with Crippen LogP contribution >= 0.6 is 24.0 Å². The first-order valence-corrected chi connectivity index (χ1v) is 10.5. The number of nitrogens with zero attached hydrogens (tertiary/aromatic N) is 1. The van der Waals surface area contributed by atoms with Crippen LogP contribution in [-0.4, -0.2) is 58.7 Å². The summed E-state index contributed by atoms with van der Waals surface area (Å²) in [5.74, 6) is 1.42. The molecule has 1 aromatic rings. The molecule has 2 N–H and O–H groups in total. The molecule has 0 aromatic heterocycles. The van der Waals surface area contributed by atoms with Crippen LogP contribution in [0.1, 0.15) is 32.3 Å². The van der Waals surface area contributed by atoms with Gasteiger partial charge < -0.3 is 29.6 Å². The third kappa shape index (κ3) is 10.6. The van der Waals surface area contributed by atoms with Crippen LogP contribution in [0.4, 0.5) is 8.78 Å². The van der Waals surface area contributed by atoms with Crippen LogP contribution in [0.3, 0.4) is 0 Å². The van der Waals surface area contributed by atoms with Crippen molar-refractivity contribution in [3.05, 3.63) is 23.8 Å². The van der Waals surface area contributed by atoms with Gasteiger partial charge in [-0.25, -0.2) is 4.99 Å². The molecule has 1 fully saturated rings. The third-order valence-electron chi connectivity index (χ3n) is 4.45. The van der Waals surface area contributed by atoms with E-state index in [-0.39, 0.29) is 42.0 Å². The van der Waals surface area contributed by atoms with Crippen molar-refractivity contribution in [1.82, 2.24) is 10.6 Å². The highest BCUT2D eigenvalue weighted by Crippen LogP contribution is 2.33. The van der Waals surface area contributed by atoms with E-state index in [1.165, 1.54) is 0 Å². The van der Waals surface area contributed by atoms with Crippen molar-refractivity contribution in [2.45, 2.75) is 39.8 Å². The zero-order chi connectivity index (χ0) is 21.6. The van der Waals surface area contributed by atoms with E-state index in [4.69, 9.17) is 18.9 Å². The topological polar surface area (TPSA) is 73.3 Å². The standard InChI is InChI=1S/C21H33F2N3O4.HI/c1-3-24-21(25-10-6-11-27-14-16-9-12-28-15-16)26-13-17-7-5-8-18(29-4-2)19(17)30-20(22)23;/h5,7-8,16,20H,3-4,6,9-15H2,1-2H3,(H2,24,25,26);1H. The number of halogens is 3. The lowest BCUT2D eigenvalue weighted by Gasteiger charge is -2.15. The largest absolute Gasteiger partial charge is 0.490 e. The quantitative estimate of drug-likeness (QED) is 0.167. The Kier molecular flexibility index (Phi) is 14.5. The summed E-state index contributed by atoms with van der Waals surface area (Å²) in [6.07, 6.45) is 1.90. The number of aliphatic imine (C=N–C) groups is 1. The van der Waals surface area contributed by atoms with Crippen LogP contribution in [0, 0.1) is 5.92 Å². The van der Waals surface area contributed by atoms with Gasteiger partial charge in [-0.3, -0.25) is 0 Å². The molecular weight excluding hydrogens is 523 g/mol. The summed E-state index contributed by atoms with van der Waals surface area (Å²) in [5.41, 5.74) is 0.528. The van der Waals surface area contributed by atoms with Crippen molar-refractivity contribution in [2.24, 2.45) is 10.9 Å². The first kappa shape index (κ1) is 27.6. The fourth-order valence-corrected chi connectivity index (χ4v) is 3.03. The van der Waals surface area contributed by atoms with E-state index in [0.29, 0.717) is 43.7 Å². The molecule has 1 unspecified atom stereocenters. The van der Waals surface area contributed by atoms with Gasteiger partial charge in [0.25, 0.3) is 0 Å². The Labute approximate surface area is 200 Å². The minimum Gasteiger partial charge on any atom is -0.490 e. The number of nitrogens with one attached hydrogen (secondary N) is 2. The van der Waals surface area contributed by atoms with Gasteiger partial charge in [0.05, 0.1) is 26.4 Å². The number of guanidine groups is 1. The van der Waals surface area contributed by atoms with Gasteiger partial charge in [0.2, 0.25) is 0 Å². The molecule has 1 aromatic carbocycles. The second kappa shape index (κ2) is 16.3. The lowest BCUT2D eigenvalue weighted by Crippen LogP contribution is -2.38. The molecule has 0 amide bonds. The summed E-state index contributed by atoms with van der Waals surface area (Å²) < 4.78 is 46.8. The molecule has 10 heteroatoms. The van der Waals surface area contributed by atoms with Gasteiger partial charge in [-0.2, -0.15) is 8.78 Å². The molecule has 1 atom stereocenters. The number of hydrogen-bond acceptors (Lipinski definition) is 5. The van der Waals surface area contributed by atoms with Crippen molar-refractivity contribution in [3.8, 4) is 11.5 Å². The molecule has 178 valence electrons. The normalized spacial score (nSPS) is 16.2. The summed E-state index contributed by atoms with van der Waals surface area (Å²) in [7, 11) is 0. The van der Waals surface area contributed by atoms with Crippen LogP contribution in [-0.2, 0) is 16.0 Å². The maximum Gasteiger partial charge on any atom is 0.387 e. The van der Waals surface area contributed by atoms with E-state index in [2.05, 4.69) is 15.6 Å². The first-order valence-electron chi connectivity index (χ1n) is 10.5. The average Bonchev–Trinajstić information content (AvgIpc) is 3.24. The Morgan fingerprint density at radius 3 is 2.81 bits per heavy atom. The maximum absolute atomic E-state index is 12.9. The predicted molar refractivity (Wildman–Crippen MR) is 127 cm³/mol. The maximum atomic E-state index is 12.9. The number of ether oxygens (including phenoxy) is 4. The summed E-state index contributed by atoms with van der Waals surface area (Å²) >= 11 is 0. The highest BCUT2D eigenvalue weighted by atomic mass is 127. The van der Waals surface area contributed by atoms with Crippen LogP contribution in [0.25, 0.3) is 0 Å². The number of para-hydroxylation sites is 1. The van der Waals surface area contributed by atoms with Gasteiger partial charge in [0.1, 0.15) is 0 Å². The molecule has 0 bridgehead atoms. The smallest absolute Gasteiger partial charge is 0.387 e. The van der Waals surface area contributed by atoms with Gasteiger partial charge in [0, 0.05) is 37.8 Å². The summed E-state index contributed by atoms with van der Waals surface area (Å²) in [4.78, 5) is 4.49. The molecule has 1 aliphatic rings. The Bertz CT molecular complexity index is 647. The monoisotopic (exact) mass is 557 g/mol. The second-order valence-electron chi connectivity index (χ2n) is 6.84. The van der Waals surface area contributed by atoms with E-state index in [1.54, 1.807) is 25.1 Å². The first-order chi connectivity index (χ1) is 14.6.